The van der Waals surface area contributed by atoms with Crippen molar-refractivity contribution in [1.82, 2.24) is 77.2 Å². The molecule has 6 saturated heterocycles. The average Bonchev–Trinajstić information content (AvgIpc) is 1.61. The number of H-pyrrole nitrogens is 3. The zero-order valence-electron chi connectivity index (χ0n) is 75.8. The number of aromatic nitrogens is 16. The van der Waals surface area contributed by atoms with Crippen molar-refractivity contribution in [2.45, 2.75) is 189 Å². The molecule has 11 unspecified atom stereocenters. The maximum absolute atomic E-state index is 15.4. The number of rotatable bonds is 48. The fourth-order valence-corrected chi connectivity index (χ4v) is 22.9. The number of hydrogen-bond acceptors (Lipinski definition) is 48. The van der Waals surface area contributed by atoms with Crippen LogP contribution in [0.5, 0.6) is 0 Å². The number of ether oxygens (including phenoxy) is 14. The van der Waals surface area contributed by atoms with Gasteiger partial charge in [-0.15, -0.1) is 0 Å². The molecule has 140 heavy (non-hydrogen) atoms. The van der Waals surface area contributed by atoms with Crippen molar-refractivity contribution in [2.75, 3.05) is 137 Å². The van der Waals surface area contributed by atoms with Crippen LogP contribution < -0.4 is 62.4 Å². The van der Waals surface area contributed by atoms with Gasteiger partial charge in [0.25, 0.3) is 16.7 Å². The minimum atomic E-state index is -5.84. The predicted octanol–water partition coefficient (Wildman–Crippen LogP) is -1.00. The van der Waals surface area contributed by atoms with E-state index in [-0.39, 0.29) is 117 Å². The molecule has 0 spiro atoms. The number of aryl methyl sites for hydroxylation is 4. The first kappa shape index (κ1) is 109. The molecule has 16 N–H and O–H groups in total. The maximum Gasteiger partial charge on any atom is 0.472 e. The quantitative estimate of drug-likeness (QED) is 0.0123. The van der Waals surface area contributed by atoms with Gasteiger partial charge in [-0.2, -0.15) is 15.0 Å². The number of aliphatic hydroxyl groups is 1. The van der Waals surface area contributed by atoms with Gasteiger partial charge in [0.15, 0.2) is 47.5 Å². The molecule has 58 nitrogen and oxygen atoms in total. The molecule has 8 aromatic heterocycles. The number of methoxy groups -OCH3 is 4. The van der Waals surface area contributed by atoms with Crippen molar-refractivity contribution in [3.63, 3.8) is 0 Å². The summed E-state index contributed by atoms with van der Waals surface area (Å²) in [4.78, 5) is 178. The molecule has 8 aromatic rings. The summed E-state index contributed by atoms with van der Waals surface area (Å²) < 4.78 is 183. The molecular formula is C73H105N20O38P5S4. The van der Waals surface area contributed by atoms with Crippen molar-refractivity contribution in [3.05, 3.63) is 139 Å². The number of thiol groups is 1. The third-order valence-corrected chi connectivity index (χ3v) is 30.2. The second kappa shape index (κ2) is 46.3. The molecule has 0 bridgehead atoms. The standard InChI is InChI=1S/C73H105N20O38P5S4/c1-10-37-38(19-45(121-37)88-21-33(2)57(74)82-70(88)98)127-133(104,137)117-25-40-39(20-46(122-40)89-23-35(4)62(95)86-72(89)100)128-134(105,138)119-28-43-50(54(113-16-12-109-7)67(126-43)92-31-80-47-59(76)78-30-79-60(47)92)129-132(102,103)116-27-42-51(56(115-18-14-111-9)68(125-42)93-32-81-48-61(93)84-69(77)85-64(48)97)130-136(107,140)120-29-44-52(55(114-17-13-110-8)66(124-44)91-24-36(5)63(96)87-73(91)101)131-135(106,139)118-26-41-49(94)53(112-15-11-108-6)65(123-41)90-22-34(3)58(75)83-71(90)99/h21-24,30-32,37-46,49-56,65-68,94H,10-20,25-29H2,1-9H3,(H,102,103)(H,104,137)(H,105,138)(H,106,139)(H,107,140)(H2,74,82,98)(H2,75,83,99)(H2,76,78,79)(H,86,95,100)(H,87,96,101)(H3,77,84,85,97)/t37-,38?,39?,40-,41-,42-,43-,44-,45-,46-,49?,50?,51?,52?,53+,54+,55+,56+,65-,66-,67-,68-,133?,134?,135?,136?/m1/s1. The van der Waals surface area contributed by atoms with E-state index in [4.69, 9.17) is 170 Å². The maximum atomic E-state index is 15.4. The monoisotopic (exact) mass is 2150 g/mol. The largest absolute Gasteiger partial charge is 0.472 e. The highest BCUT2D eigenvalue weighted by Crippen LogP contribution is 2.60. The lowest BCUT2D eigenvalue weighted by Gasteiger charge is -2.30. The lowest BCUT2D eigenvalue weighted by Crippen LogP contribution is -2.41. The molecular weight excluding hydrogens is 2050 g/mol. The number of anilines is 4. The van der Waals surface area contributed by atoms with Crippen LogP contribution in [0, 0.1) is 27.7 Å². The van der Waals surface area contributed by atoms with Gasteiger partial charge in [0, 0.05) is 88.3 Å². The Hall–Kier alpha value is -7.18. The van der Waals surface area contributed by atoms with Crippen LogP contribution in [-0.4, -0.2) is 314 Å². The van der Waals surface area contributed by atoms with E-state index in [1.54, 1.807) is 20.8 Å². The highest BCUT2D eigenvalue weighted by molar-refractivity contribution is 8.44. The molecule has 6 aliphatic heterocycles. The highest BCUT2D eigenvalue weighted by Gasteiger charge is 2.57. The van der Waals surface area contributed by atoms with Crippen LogP contribution >= 0.6 is 47.0 Å². The van der Waals surface area contributed by atoms with Gasteiger partial charge in [0.2, 0.25) is 5.95 Å². The number of imidazole rings is 2. The highest BCUT2D eigenvalue weighted by atomic mass is 32.7. The Morgan fingerprint density at radius 1 is 0.429 bits per heavy atom. The summed E-state index contributed by atoms with van der Waals surface area (Å²) in [5, 5.41) is 11.8. The Labute approximate surface area is 811 Å². The topological polar surface area (TPSA) is 748 Å². The zero-order chi connectivity index (χ0) is 101. The van der Waals surface area contributed by atoms with E-state index in [1.807, 2.05) is 0 Å². The molecule has 27 atom stereocenters. The van der Waals surface area contributed by atoms with E-state index in [2.05, 4.69) is 62.1 Å². The van der Waals surface area contributed by atoms with E-state index in [0.29, 0.717) is 17.5 Å². The van der Waals surface area contributed by atoms with E-state index >= 15 is 9.13 Å². The summed E-state index contributed by atoms with van der Waals surface area (Å²) in [7, 11) is -0.420. The number of nitrogens with zero attached hydrogens (tertiary/aromatic N) is 13. The van der Waals surface area contributed by atoms with Crippen LogP contribution in [0.4, 0.5) is 23.4 Å². The molecule has 67 heteroatoms. The number of aromatic amines is 3. The second-order valence-electron chi connectivity index (χ2n) is 32.3. The number of phosphoric ester groups is 1. The van der Waals surface area contributed by atoms with Crippen LogP contribution in [0.3, 0.4) is 0 Å². The van der Waals surface area contributed by atoms with E-state index < -0.39 is 248 Å². The van der Waals surface area contributed by atoms with Gasteiger partial charge < -0.3 is 132 Å². The van der Waals surface area contributed by atoms with E-state index in [1.165, 1.54) is 80.9 Å². The summed E-state index contributed by atoms with van der Waals surface area (Å²) in [5.41, 5.74) is 18.6. The fourth-order valence-electron chi connectivity index (χ4n) is 16.0. The Kier molecular flexibility index (Phi) is 35.9. The van der Waals surface area contributed by atoms with Crippen molar-refractivity contribution in [1.29, 1.82) is 0 Å². The minimum Gasteiger partial charge on any atom is -0.387 e. The molecule has 774 valence electrons. The number of fused-ring (bicyclic) bond motifs is 2. The predicted molar refractivity (Wildman–Crippen MR) is 495 cm³/mol. The summed E-state index contributed by atoms with van der Waals surface area (Å²) >= 11 is 21.4. The van der Waals surface area contributed by atoms with Gasteiger partial charge in [0.05, 0.1) is 111 Å². The number of aliphatic hydroxyl groups excluding tert-OH is 1. The summed E-state index contributed by atoms with van der Waals surface area (Å²) in [6.45, 7) is -17.6. The van der Waals surface area contributed by atoms with Crippen molar-refractivity contribution in [2.24, 2.45) is 0 Å². The minimum absolute atomic E-state index is 0.00923. The molecule has 14 rings (SSSR count). The third-order valence-electron chi connectivity index (χ3n) is 22.8. The summed E-state index contributed by atoms with van der Waals surface area (Å²) in [6.07, 6.45) is -25.1. The Morgan fingerprint density at radius 2 is 0.843 bits per heavy atom. The number of phosphoric acid groups is 1. The lowest BCUT2D eigenvalue weighted by molar-refractivity contribution is -0.0836. The van der Waals surface area contributed by atoms with Gasteiger partial charge in [-0.1, -0.05) is 19.2 Å². The van der Waals surface area contributed by atoms with Crippen LogP contribution in [0.15, 0.2) is 77.3 Å². The van der Waals surface area contributed by atoms with Crippen LogP contribution in [0.25, 0.3) is 22.3 Å². The normalized spacial score (nSPS) is 29.2. The third kappa shape index (κ3) is 25.5. The molecule has 6 aliphatic rings. The van der Waals surface area contributed by atoms with Crippen molar-refractivity contribution >= 4 is 128 Å². The van der Waals surface area contributed by atoms with Gasteiger partial charge >= 0.3 is 57.5 Å². The first-order valence-corrected chi connectivity index (χ1v) is 54.7. The van der Waals surface area contributed by atoms with Crippen molar-refractivity contribution < 1.29 is 145 Å². The van der Waals surface area contributed by atoms with Crippen LogP contribution in [0.2, 0.25) is 0 Å². The van der Waals surface area contributed by atoms with Gasteiger partial charge in [-0.05, 0) is 69.5 Å². The molecule has 14 heterocycles. The Balaban J connectivity index is 0.748. The first-order valence-electron chi connectivity index (χ1n) is 42.7. The number of hydrogen-bond donors (Lipinski definition) is 13. The molecule has 0 saturated carbocycles. The second-order valence-corrected chi connectivity index (χ2v) is 45.0. The average molecular weight is 2150 g/mol. The molecule has 6 fully saturated rings. The number of nitrogens with two attached hydrogens (primary N) is 4. The van der Waals surface area contributed by atoms with Gasteiger partial charge in [-0.25, -0.2) is 48.2 Å². The van der Waals surface area contributed by atoms with Gasteiger partial charge in [0.1, 0.15) is 121 Å². The Morgan fingerprint density at radius 3 is 1.39 bits per heavy atom. The first-order chi connectivity index (χ1) is 66.4. The fraction of sp³-hybridized carbons (Fsp3) is 0.644. The zero-order valence-corrected chi connectivity index (χ0v) is 83.6. The number of nitrogens with one attached hydrogen (secondary N) is 3. The lowest BCUT2D eigenvalue weighted by atomic mass is 10.1. The Bertz CT molecular complexity index is 6440. The molecule has 0 aliphatic carbocycles. The van der Waals surface area contributed by atoms with Crippen LogP contribution in [-0.2, 0) is 156 Å². The van der Waals surface area contributed by atoms with Crippen LogP contribution in [0.1, 0.15) is 85.8 Å². The molecule has 0 amide bonds. The summed E-state index contributed by atoms with van der Waals surface area (Å²) in [5.74, 6) is -0.587. The van der Waals surface area contributed by atoms with E-state index in [0.717, 1.165) is 32.6 Å². The molecule has 0 aromatic carbocycles. The summed E-state index contributed by atoms with van der Waals surface area (Å²) in [6, 6.07) is 0. The number of nitrogen functional groups attached to an aromatic ring is 4. The molecule has 0 radical (unpaired) electrons. The van der Waals surface area contributed by atoms with Crippen molar-refractivity contribution in [3.8, 4) is 0 Å². The van der Waals surface area contributed by atoms with E-state index in [9.17, 15) is 58.2 Å². The van der Waals surface area contributed by atoms with Gasteiger partial charge in [-0.3, -0.25) is 83.9 Å². The smallest absolute Gasteiger partial charge is 0.387 e. The SMILES string of the molecule is CC[C@H]1O[C@@H](n2cc(C)c(N)nc2=O)CC1OP(O)(=S)OC[C@H]1O[C@@H](n2cc(C)c(=O)[nH]c2=O)CC1OP(=O)(S)OC[C@H]1O[C@@H](n2cnc3c(N)ncnc32)[C@@H](OCCOC)C1OP(=O)(O)OC[C@H]1O[C@@H](n2cnc3c(=O)[nH]c(N)nc32)[C@@H](OCCOC)C1OP(O)(=S)OC[C@H]1O[C@@H](n2cc(C)c(=O)[nH]c2=O)[C@@H](OCCOC)C1OP(O)(=S)OC[C@H]1O[C@@H](n2cc(C)c(N)nc2=O)[C@@H](OCCOC)C1O.